The molecular formula is C18H28N2O. The number of nitrogens with one attached hydrogen (secondary N) is 2. The number of carbonyl (C=O) groups is 1. The number of unbranched alkanes of at least 4 members (excludes halogenated alkanes) is 5. The number of hydrogen-bond donors (Lipinski definition) is 2. The van der Waals surface area contributed by atoms with Crippen molar-refractivity contribution in [3.8, 4) is 0 Å². The Bertz CT molecular complexity index is 445. The van der Waals surface area contributed by atoms with E-state index < -0.39 is 0 Å². The molecule has 1 amide bonds. The fourth-order valence-electron chi connectivity index (χ4n) is 2.98. The number of amides is 1. The molecule has 0 bridgehead atoms. The van der Waals surface area contributed by atoms with Crippen molar-refractivity contribution in [2.75, 3.05) is 18.4 Å². The van der Waals surface area contributed by atoms with E-state index in [-0.39, 0.29) is 11.8 Å². The van der Waals surface area contributed by atoms with Gasteiger partial charge in [-0.2, -0.15) is 0 Å². The molecule has 0 spiro atoms. The number of benzene rings is 1. The van der Waals surface area contributed by atoms with E-state index in [1.54, 1.807) is 0 Å². The third-order valence-corrected chi connectivity index (χ3v) is 4.23. The van der Waals surface area contributed by atoms with Crippen molar-refractivity contribution in [1.29, 1.82) is 0 Å². The Kier molecular flexibility index (Phi) is 6.58. The van der Waals surface area contributed by atoms with Crippen LogP contribution in [0.25, 0.3) is 0 Å². The van der Waals surface area contributed by atoms with Gasteiger partial charge >= 0.3 is 0 Å². The van der Waals surface area contributed by atoms with Gasteiger partial charge in [0.25, 0.3) is 0 Å². The summed E-state index contributed by atoms with van der Waals surface area (Å²) in [7, 11) is 0. The number of rotatable bonds is 8. The van der Waals surface area contributed by atoms with E-state index in [0.717, 1.165) is 37.2 Å². The zero-order valence-electron chi connectivity index (χ0n) is 13.2. The van der Waals surface area contributed by atoms with Crippen LogP contribution in [0.15, 0.2) is 24.3 Å². The first-order chi connectivity index (χ1) is 10.3. The molecule has 2 N–H and O–H groups in total. The van der Waals surface area contributed by atoms with Crippen LogP contribution >= 0.6 is 0 Å². The molecule has 1 aromatic rings. The highest BCUT2D eigenvalue weighted by atomic mass is 16.1. The zero-order valence-corrected chi connectivity index (χ0v) is 13.2. The van der Waals surface area contributed by atoms with Crippen molar-refractivity contribution >= 4 is 11.6 Å². The van der Waals surface area contributed by atoms with Crippen molar-refractivity contribution in [1.82, 2.24) is 5.32 Å². The Morgan fingerprint density at radius 3 is 2.81 bits per heavy atom. The van der Waals surface area contributed by atoms with E-state index in [0.29, 0.717) is 0 Å². The Balaban J connectivity index is 1.72. The standard InChI is InChI=1S/C18H28N2O/c1-2-3-4-5-6-9-13-20-18(21)16-12-14-19-17-11-8-7-10-15(16)17/h7-8,10-11,16,19H,2-6,9,12-14H2,1H3,(H,20,21). The van der Waals surface area contributed by atoms with Crippen LogP contribution in [0.3, 0.4) is 0 Å². The summed E-state index contributed by atoms with van der Waals surface area (Å²) in [6.45, 7) is 3.93. The first-order valence-corrected chi connectivity index (χ1v) is 8.43. The molecule has 0 radical (unpaired) electrons. The normalized spacial score (nSPS) is 16.9. The van der Waals surface area contributed by atoms with Gasteiger partial charge in [0, 0.05) is 18.8 Å². The van der Waals surface area contributed by atoms with Gasteiger partial charge < -0.3 is 10.6 Å². The minimum Gasteiger partial charge on any atom is -0.385 e. The lowest BCUT2D eigenvalue weighted by molar-refractivity contribution is -0.122. The SMILES string of the molecule is CCCCCCCCNC(=O)C1CCNc2ccccc21. The summed E-state index contributed by atoms with van der Waals surface area (Å²) in [5.41, 5.74) is 2.26. The van der Waals surface area contributed by atoms with Crippen LogP contribution in [0.1, 0.15) is 63.4 Å². The number of carbonyl (C=O) groups excluding carboxylic acids is 1. The molecular weight excluding hydrogens is 260 g/mol. The van der Waals surface area contributed by atoms with Crippen LogP contribution in [0.2, 0.25) is 0 Å². The monoisotopic (exact) mass is 288 g/mol. The number of fused-ring (bicyclic) bond motifs is 1. The summed E-state index contributed by atoms with van der Waals surface area (Å²) < 4.78 is 0. The Morgan fingerprint density at radius 2 is 1.95 bits per heavy atom. The highest BCUT2D eigenvalue weighted by molar-refractivity contribution is 5.86. The molecule has 1 aromatic carbocycles. The molecule has 0 saturated heterocycles. The molecule has 1 aliphatic rings. The maximum Gasteiger partial charge on any atom is 0.227 e. The lowest BCUT2D eigenvalue weighted by atomic mass is 9.90. The Hall–Kier alpha value is -1.51. The summed E-state index contributed by atoms with van der Waals surface area (Å²) in [5.74, 6) is 0.208. The molecule has 0 fully saturated rings. The molecule has 3 nitrogen and oxygen atoms in total. The van der Waals surface area contributed by atoms with Gasteiger partial charge in [0.1, 0.15) is 0 Å². The average Bonchev–Trinajstić information content (AvgIpc) is 2.53. The summed E-state index contributed by atoms with van der Waals surface area (Å²) in [6.07, 6.45) is 8.45. The van der Waals surface area contributed by atoms with E-state index in [4.69, 9.17) is 0 Å². The second-order valence-electron chi connectivity index (χ2n) is 5.91. The quantitative estimate of drug-likeness (QED) is 0.708. The summed E-state index contributed by atoms with van der Waals surface area (Å²) in [5, 5.41) is 6.48. The second kappa shape index (κ2) is 8.71. The molecule has 21 heavy (non-hydrogen) atoms. The number of anilines is 1. The summed E-state index contributed by atoms with van der Waals surface area (Å²) in [4.78, 5) is 12.4. The molecule has 1 unspecified atom stereocenters. The molecule has 1 heterocycles. The highest BCUT2D eigenvalue weighted by Gasteiger charge is 2.25. The topological polar surface area (TPSA) is 41.1 Å². The van der Waals surface area contributed by atoms with E-state index in [2.05, 4.69) is 29.7 Å². The predicted molar refractivity (Wildman–Crippen MR) is 88.7 cm³/mol. The maximum absolute atomic E-state index is 12.4. The van der Waals surface area contributed by atoms with Crippen LogP contribution in [-0.4, -0.2) is 19.0 Å². The van der Waals surface area contributed by atoms with Gasteiger partial charge in [-0.1, -0.05) is 57.2 Å². The zero-order chi connectivity index (χ0) is 14.9. The number of hydrogen-bond acceptors (Lipinski definition) is 2. The fraction of sp³-hybridized carbons (Fsp3) is 0.611. The van der Waals surface area contributed by atoms with Gasteiger partial charge in [-0.25, -0.2) is 0 Å². The van der Waals surface area contributed by atoms with Crippen LogP contribution in [-0.2, 0) is 4.79 Å². The fourth-order valence-corrected chi connectivity index (χ4v) is 2.98. The van der Waals surface area contributed by atoms with Gasteiger partial charge in [-0.3, -0.25) is 4.79 Å². The molecule has 0 aliphatic carbocycles. The average molecular weight is 288 g/mol. The van der Waals surface area contributed by atoms with Crippen LogP contribution < -0.4 is 10.6 Å². The van der Waals surface area contributed by atoms with Gasteiger partial charge in [0.05, 0.1) is 5.92 Å². The first kappa shape index (κ1) is 15.9. The van der Waals surface area contributed by atoms with Gasteiger partial charge in [-0.05, 0) is 24.5 Å². The van der Waals surface area contributed by atoms with Crippen LogP contribution in [0.4, 0.5) is 5.69 Å². The first-order valence-electron chi connectivity index (χ1n) is 8.43. The van der Waals surface area contributed by atoms with Gasteiger partial charge in [0.2, 0.25) is 5.91 Å². The third-order valence-electron chi connectivity index (χ3n) is 4.23. The smallest absolute Gasteiger partial charge is 0.227 e. The van der Waals surface area contributed by atoms with E-state index in [1.807, 2.05) is 12.1 Å². The van der Waals surface area contributed by atoms with E-state index in [1.165, 1.54) is 32.1 Å². The molecule has 0 aromatic heterocycles. The molecule has 1 aliphatic heterocycles. The molecule has 2 rings (SSSR count). The predicted octanol–water partition coefficient (Wildman–Crippen LogP) is 4.06. The largest absolute Gasteiger partial charge is 0.385 e. The van der Waals surface area contributed by atoms with E-state index >= 15 is 0 Å². The van der Waals surface area contributed by atoms with Crippen molar-refractivity contribution < 1.29 is 4.79 Å². The minimum absolute atomic E-state index is 0.0162. The van der Waals surface area contributed by atoms with Crippen molar-refractivity contribution in [3.63, 3.8) is 0 Å². The lowest BCUT2D eigenvalue weighted by Crippen LogP contribution is -2.33. The van der Waals surface area contributed by atoms with Crippen molar-refractivity contribution in [2.24, 2.45) is 0 Å². The third kappa shape index (κ3) is 4.76. The van der Waals surface area contributed by atoms with Gasteiger partial charge in [0.15, 0.2) is 0 Å². The van der Waals surface area contributed by atoms with Crippen molar-refractivity contribution in [2.45, 2.75) is 57.8 Å². The highest BCUT2D eigenvalue weighted by Crippen LogP contribution is 2.31. The second-order valence-corrected chi connectivity index (χ2v) is 5.91. The van der Waals surface area contributed by atoms with E-state index in [9.17, 15) is 4.79 Å². The Morgan fingerprint density at radius 1 is 1.19 bits per heavy atom. The van der Waals surface area contributed by atoms with Gasteiger partial charge in [-0.15, -0.1) is 0 Å². The lowest BCUT2D eigenvalue weighted by Gasteiger charge is -2.25. The summed E-state index contributed by atoms with van der Waals surface area (Å²) in [6, 6.07) is 8.15. The van der Waals surface area contributed by atoms with Crippen LogP contribution in [0.5, 0.6) is 0 Å². The summed E-state index contributed by atoms with van der Waals surface area (Å²) >= 11 is 0. The Labute approximate surface area is 128 Å². The number of para-hydroxylation sites is 1. The molecule has 0 saturated carbocycles. The molecule has 116 valence electrons. The molecule has 3 heteroatoms. The maximum atomic E-state index is 12.4. The molecule has 1 atom stereocenters. The van der Waals surface area contributed by atoms with Crippen LogP contribution in [0, 0.1) is 0 Å². The minimum atomic E-state index is 0.0162. The van der Waals surface area contributed by atoms with Crippen molar-refractivity contribution in [3.05, 3.63) is 29.8 Å².